The Bertz CT molecular complexity index is 618. The molecule has 1 aromatic heterocycles. The summed E-state index contributed by atoms with van der Waals surface area (Å²) in [5, 5.41) is 4.13. The Balaban J connectivity index is 1.51. The zero-order chi connectivity index (χ0) is 13.9. The summed E-state index contributed by atoms with van der Waals surface area (Å²) in [6.07, 6.45) is 2.83. The lowest BCUT2D eigenvalue weighted by Gasteiger charge is -2.11. The van der Waals surface area contributed by atoms with Gasteiger partial charge in [-0.1, -0.05) is 11.6 Å². The highest BCUT2D eigenvalue weighted by atomic mass is 35.5. The smallest absolute Gasteiger partial charge is 0.125 e. The minimum absolute atomic E-state index is 0.159. The number of fused-ring (bicyclic) bond motifs is 1. The van der Waals surface area contributed by atoms with E-state index < -0.39 is 0 Å². The van der Waals surface area contributed by atoms with Crippen LogP contribution < -0.4 is 10.1 Å². The number of aromatic nitrogens is 2. The molecule has 1 unspecified atom stereocenters. The lowest BCUT2D eigenvalue weighted by molar-refractivity contribution is 0.227. The molecule has 1 aromatic carbocycles. The molecule has 0 fully saturated rings. The predicted molar refractivity (Wildman–Crippen MR) is 78.0 cm³/mol. The number of hydrogen-bond acceptors (Lipinski definition) is 4. The normalized spacial score (nSPS) is 16.8. The summed E-state index contributed by atoms with van der Waals surface area (Å²) in [6, 6.07) is 7.69. The van der Waals surface area contributed by atoms with Gasteiger partial charge in [0.05, 0.1) is 5.69 Å². The van der Waals surface area contributed by atoms with E-state index in [1.807, 2.05) is 31.2 Å². The van der Waals surface area contributed by atoms with Gasteiger partial charge < -0.3 is 10.1 Å². The van der Waals surface area contributed by atoms with Gasteiger partial charge >= 0.3 is 0 Å². The zero-order valence-electron chi connectivity index (χ0n) is 11.3. The summed E-state index contributed by atoms with van der Waals surface area (Å²) >= 11 is 5.98. The molecule has 1 aliphatic heterocycles. The molecule has 0 radical (unpaired) electrons. The molecule has 0 aliphatic carbocycles. The molecule has 1 N–H and O–H groups in total. The van der Waals surface area contributed by atoms with Crippen LogP contribution in [0.2, 0.25) is 5.02 Å². The van der Waals surface area contributed by atoms with Crippen molar-refractivity contribution in [2.24, 2.45) is 0 Å². The molecule has 1 atom stereocenters. The number of ether oxygens (including phenoxy) is 1. The van der Waals surface area contributed by atoms with E-state index in [1.165, 1.54) is 5.56 Å². The number of hydrogen-bond donors (Lipinski definition) is 1. The molecule has 0 spiro atoms. The second kappa shape index (κ2) is 5.77. The van der Waals surface area contributed by atoms with Crippen LogP contribution in [0.1, 0.15) is 17.1 Å². The first kappa shape index (κ1) is 13.3. The maximum atomic E-state index is 5.98. The van der Waals surface area contributed by atoms with Crippen LogP contribution in [-0.2, 0) is 13.0 Å². The lowest BCUT2D eigenvalue weighted by Crippen LogP contribution is -2.30. The van der Waals surface area contributed by atoms with E-state index >= 15 is 0 Å². The van der Waals surface area contributed by atoms with Crippen LogP contribution in [-0.4, -0.2) is 22.6 Å². The Morgan fingerprint density at radius 2 is 2.30 bits per heavy atom. The molecular weight excluding hydrogens is 274 g/mol. The molecule has 4 nitrogen and oxygen atoms in total. The highest BCUT2D eigenvalue weighted by Gasteiger charge is 2.22. The summed E-state index contributed by atoms with van der Waals surface area (Å²) in [4.78, 5) is 8.44. The van der Waals surface area contributed by atoms with Crippen LogP contribution >= 0.6 is 11.6 Å². The third-order valence-electron chi connectivity index (χ3n) is 3.28. The van der Waals surface area contributed by atoms with E-state index in [4.69, 9.17) is 16.3 Å². The van der Waals surface area contributed by atoms with E-state index in [1.54, 1.807) is 6.20 Å². The topological polar surface area (TPSA) is 47.0 Å². The summed E-state index contributed by atoms with van der Waals surface area (Å²) in [6.45, 7) is 3.40. The van der Waals surface area contributed by atoms with Crippen LogP contribution in [0.5, 0.6) is 5.75 Å². The van der Waals surface area contributed by atoms with Gasteiger partial charge in [0.15, 0.2) is 0 Å². The fraction of sp³-hybridized carbons (Fsp3) is 0.333. The van der Waals surface area contributed by atoms with Gasteiger partial charge in [-0.15, -0.1) is 0 Å². The van der Waals surface area contributed by atoms with E-state index in [9.17, 15) is 0 Å². The molecule has 0 saturated carbocycles. The van der Waals surface area contributed by atoms with E-state index in [0.29, 0.717) is 0 Å². The van der Waals surface area contributed by atoms with Crippen LogP contribution in [0.15, 0.2) is 30.5 Å². The highest BCUT2D eigenvalue weighted by molar-refractivity contribution is 6.30. The molecule has 1 aliphatic rings. The van der Waals surface area contributed by atoms with Crippen LogP contribution in [0.3, 0.4) is 0 Å². The first-order valence-corrected chi connectivity index (χ1v) is 7.03. The van der Waals surface area contributed by atoms with Crippen LogP contribution in [0.4, 0.5) is 0 Å². The van der Waals surface area contributed by atoms with Crippen molar-refractivity contribution < 1.29 is 4.74 Å². The molecule has 2 aromatic rings. The first-order chi connectivity index (χ1) is 9.70. The van der Waals surface area contributed by atoms with Gasteiger partial charge in [-0.25, -0.2) is 9.97 Å². The van der Waals surface area contributed by atoms with Crippen molar-refractivity contribution in [3.8, 4) is 5.75 Å². The number of rotatable bonds is 4. The van der Waals surface area contributed by atoms with Crippen molar-refractivity contribution in [3.63, 3.8) is 0 Å². The molecule has 0 bridgehead atoms. The Morgan fingerprint density at radius 1 is 1.40 bits per heavy atom. The standard InChI is InChI=1S/C15H16ClN3O/c1-10-18-5-4-13(19-10)8-17-9-14-7-11-6-12(16)2-3-15(11)20-14/h2-6,14,17H,7-9H2,1H3. The van der Waals surface area contributed by atoms with E-state index in [-0.39, 0.29) is 6.10 Å². The van der Waals surface area contributed by atoms with Crippen molar-refractivity contribution in [3.05, 3.63) is 52.6 Å². The zero-order valence-corrected chi connectivity index (χ0v) is 12.0. The second-order valence-corrected chi connectivity index (χ2v) is 5.36. The highest BCUT2D eigenvalue weighted by Crippen LogP contribution is 2.30. The predicted octanol–water partition coefficient (Wildman–Crippen LogP) is 2.53. The average molecular weight is 290 g/mol. The Morgan fingerprint density at radius 3 is 3.15 bits per heavy atom. The number of aryl methyl sites for hydroxylation is 1. The fourth-order valence-electron chi connectivity index (χ4n) is 2.37. The lowest BCUT2D eigenvalue weighted by atomic mass is 10.1. The number of nitrogens with zero attached hydrogens (tertiary/aromatic N) is 2. The molecule has 5 heteroatoms. The molecule has 20 heavy (non-hydrogen) atoms. The number of halogens is 1. The van der Waals surface area contributed by atoms with E-state index in [0.717, 1.165) is 41.8 Å². The van der Waals surface area contributed by atoms with E-state index in [2.05, 4.69) is 15.3 Å². The second-order valence-electron chi connectivity index (χ2n) is 4.92. The van der Waals surface area contributed by atoms with Gasteiger partial charge in [-0.2, -0.15) is 0 Å². The Labute approximate surface area is 123 Å². The summed E-state index contributed by atoms with van der Waals surface area (Å²) < 4.78 is 5.87. The van der Waals surface area contributed by atoms with Crippen molar-refractivity contribution >= 4 is 11.6 Å². The number of benzene rings is 1. The Hall–Kier alpha value is -1.65. The quantitative estimate of drug-likeness (QED) is 0.939. The molecule has 0 amide bonds. The monoisotopic (exact) mass is 289 g/mol. The molecule has 2 heterocycles. The van der Waals surface area contributed by atoms with Gasteiger partial charge in [-0.05, 0) is 36.8 Å². The maximum Gasteiger partial charge on any atom is 0.125 e. The minimum atomic E-state index is 0.159. The summed E-state index contributed by atoms with van der Waals surface area (Å²) in [5.41, 5.74) is 2.18. The average Bonchev–Trinajstić information content (AvgIpc) is 2.80. The van der Waals surface area contributed by atoms with Crippen LogP contribution in [0.25, 0.3) is 0 Å². The van der Waals surface area contributed by atoms with Crippen molar-refractivity contribution in [1.82, 2.24) is 15.3 Å². The third kappa shape index (κ3) is 3.08. The summed E-state index contributed by atoms with van der Waals surface area (Å²) in [7, 11) is 0. The van der Waals surface area contributed by atoms with Gasteiger partial charge in [-0.3, -0.25) is 0 Å². The van der Waals surface area contributed by atoms with Crippen molar-refractivity contribution in [2.75, 3.05) is 6.54 Å². The fourth-order valence-corrected chi connectivity index (χ4v) is 2.56. The number of nitrogens with one attached hydrogen (secondary N) is 1. The molecule has 104 valence electrons. The molecule has 3 rings (SSSR count). The largest absolute Gasteiger partial charge is 0.488 e. The summed E-state index contributed by atoms with van der Waals surface area (Å²) in [5.74, 6) is 1.74. The third-order valence-corrected chi connectivity index (χ3v) is 3.51. The van der Waals surface area contributed by atoms with Gasteiger partial charge in [0, 0.05) is 30.7 Å². The SMILES string of the molecule is Cc1nccc(CNCC2Cc3cc(Cl)ccc3O2)n1. The molecule has 0 saturated heterocycles. The molecular formula is C15H16ClN3O. The first-order valence-electron chi connectivity index (χ1n) is 6.65. The Kier molecular flexibility index (Phi) is 3.85. The van der Waals surface area contributed by atoms with Crippen LogP contribution in [0, 0.1) is 6.92 Å². The van der Waals surface area contributed by atoms with Gasteiger partial charge in [0.1, 0.15) is 17.7 Å². The van der Waals surface area contributed by atoms with Gasteiger partial charge in [0.25, 0.3) is 0 Å². The van der Waals surface area contributed by atoms with Gasteiger partial charge in [0.2, 0.25) is 0 Å². The minimum Gasteiger partial charge on any atom is -0.488 e. The maximum absolute atomic E-state index is 5.98. The van der Waals surface area contributed by atoms with Crippen molar-refractivity contribution in [2.45, 2.75) is 26.0 Å². The van der Waals surface area contributed by atoms with Crippen molar-refractivity contribution in [1.29, 1.82) is 0 Å².